The molecule has 1 nitrogen and oxygen atoms in total. The second-order valence-corrected chi connectivity index (χ2v) is 0.832. The molecule has 0 amide bonds. The van der Waals surface area contributed by atoms with Gasteiger partial charge in [0.15, 0.2) is 0 Å². The van der Waals surface area contributed by atoms with Crippen LogP contribution in [-0.4, -0.2) is 13.6 Å². The maximum atomic E-state index is 3.72. The van der Waals surface area contributed by atoms with Crippen LogP contribution in [0.25, 0.3) is 0 Å². The van der Waals surface area contributed by atoms with E-state index < -0.39 is 0 Å². The lowest BCUT2D eigenvalue weighted by atomic mass is 10.00. The van der Waals surface area contributed by atoms with Crippen LogP contribution in [-0.2, 0) is 0 Å². The predicted octanol–water partition coefficient (Wildman–Crippen LogP) is 0.625. The minimum absolute atomic E-state index is 0. The van der Waals surface area contributed by atoms with Crippen LogP contribution in [0.15, 0.2) is 17.0 Å². The van der Waals surface area contributed by atoms with E-state index in [4.69, 9.17) is 0 Å². The van der Waals surface area contributed by atoms with Crippen molar-refractivity contribution >= 4 is 26.0 Å². The van der Waals surface area contributed by atoms with E-state index in [1.165, 1.54) is 0 Å². The summed E-state index contributed by atoms with van der Waals surface area (Å²) in [5.41, 5.74) is 0. The van der Waals surface area contributed by atoms with Crippen molar-refractivity contribution in [3.63, 3.8) is 0 Å². The van der Waals surface area contributed by atoms with Crippen LogP contribution in [0, 0.1) is 0 Å². The van der Waals surface area contributed by atoms with Crippen molar-refractivity contribution in [1.82, 2.24) is 0 Å². The van der Waals surface area contributed by atoms with Crippen LogP contribution >= 0.6 is 12.4 Å². The largest absolute Gasteiger partial charge is 0.350 e. The third kappa shape index (κ3) is 1.27. The molecule has 1 radical (unpaired) electrons. The van der Waals surface area contributed by atoms with Gasteiger partial charge in [-0.25, -0.2) is 0 Å². The van der Waals surface area contributed by atoms with Gasteiger partial charge < -0.3 is 4.90 Å². The van der Waals surface area contributed by atoms with Crippen molar-refractivity contribution in [2.45, 2.75) is 0 Å². The quantitative estimate of drug-likeness (QED) is 0.396. The fraction of sp³-hybridized carbons (Fsp3) is 0. The molecule has 6 heavy (non-hydrogen) atoms. The summed E-state index contributed by atoms with van der Waals surface area (Å²) in [5.74, 6) is 1.89. The first-order valence-corrected chi connectivity index (χ1v) is 1.52. The molecule has 0 bridgehead atoms. The van der Waals surface area contributed by atoms with Gasteiger partial charge >= 0.3 is 7.41 Å². The topological polar surface area (TPSA) is 12.4 Å². The number of nitrogens with zero attached hydrogens (tertiary/aromatic N) is 1. The minimum Gasteiger partial charge on any atom is -0.350 e. The lowest BCUT2D eigenvalue weighted by molar-refractivity contribution is 1.94. The molecule has 31 valence electrons. The second kappa shape index (κ2) is 2.97. The van der Waals surface area contributed by atoms with Crippen molar-refractivity contribution in [2.24, 2.45) is 4.90 Å². The maximum absolute atomic E-state index is 3.72. The highest BCUT2D eigenvalue weighted by Gasteiger charge is 1.77. The van der Waals surface area contributed by atoms with E-state index in [2.05, 4.69) is 4.90 Å². The Morgan fingerprint density at radius 3 is 2.50 bits per heavy atom. The van der Waals surface area contributed by atoms with Gasteiger partial charge in [0, 0.05) is 6.21 Å². The molecule has 3 heteroatoms. The highest BCUT2D eigenvalue weighted by molar-refractivity contribution is 6.44. The lowest BCUT2D eigenvalue weighted by Crippen LogP contribution is -1.63. The van der Waals surface area contributed by atoms with E-state index in [0.29, 0.717) is 0 Å². The summed E-state index contributed by atoms with van der Waals surface area (Å²) in [6.45, 7) is 0. The van der Waals surface area contributed by atoms with Crippen molar-refractivity contribution in [1.29, 1.82) is 0 Å². The van der Waals surface area contributed by atoms with Gasteiger partial charge in [0.2, 0.25) is 0 Å². The van der Waals surface area contributed by atoms with Crippen LogP contribution < -0.4 is 0 Å². The first-order chi connectivity index (χ1) is 2.50. The van der Waals surface area contributed by atoms with Gasteiger partial charge in [-0.3, -0.25) is 0 Å². The molecule has 0 aromatic heterocycles. The molecule has 1 aliphatic heterocycles. The Bertz CT molecular complexity index is 68.9. The van der Waals surface area contributed by atoms with Gasteiger partial charge in [0.1, 0.15) is 0 Å². The zero-order chi connectivity index (χ0) is 3.54. The van der Waals surface area contributed by atoms with E-state index in [9.17, 15) is 0 Å². The summed E-state index contributed by atoms with van der Waals surface area (Å²) >= 11 is 0. The number of hydrogen-bond donors (Lipinski definition) is 0. The fourth-order valence-corrected chi connectivity index (χ4v) is 0.248. The highest BCUT2D eigenvalue weighted by Crippen LogP contribution is 1.75. The Morgan fingerprint density at radius 2 is 2.33 bits per heavy atom. The molecule has 0 fully saturated rings. The molecule has 0 N–H and O–H groups in total. The number of allylic oxidation sites excluding steroid dienone is 1. The molecular weight excluding hydrogens is 96.3 g/mol. The number of hydrogen-bond acceptors (Lipinski definition) is 1. The normalized spacial score (nSPS) is 13.3. The van der Waals surface area contributed by atoms with Crippen molar-refractivity contribution in [2.75, 3.05) is 0 Å². The van der Waals surface area contributed by atoms with E-state index in [1.54, 1.807) is 13.6 Å². The Balaban J connectivity index is 0.000000250. The molecule has 1 heterocycles. The molecule has 1 rings (SSSR count). The Hall–Kier alpha value is -0.235. The number of rotatable bonds is 0. The standard InChI is InChI=1S/C3H3BN.ClH/c1-2-4-5-3-1;/h1-3H;1H. The molecule has 0 saturated heterocycles. The second-order valence-electron chi connectivity index (χ2n) is 0.832. The number of halogens is 1. The van der Waals surface area contributed by atoms with Crippen LogP contribution in [0.1, 0.15) is 0 Å². The summed E-state index contributed by atoms with van der Waals surface area (Å²) in [7, 11) is 1.75. The molecule has 0 saturated carbocycles. The lowest BCUT2D eigenvalue weighted by Gasteiger charge is -1.54. The summed E-state index contributed by atoms with van der Waals surface area (Å²) in [4.78, 5) is 3.72. The molecule has 0 aromatic carbocycles. The van der Waals surface area contributed by atoms with E-state index in [1.807, 2.05) is 12.1 Å². The summed E-state index contributed by atoms with van der Waals surface area (Å²) < 4.78 is 0. The Labute approximate surface area is 43.8 Å². The first-order valence-electron chi connectivity index (χ1n) is 1.52. The monoisotopic (exact) mass is 100 g/mol. The average molecular weight is 100 g/mol. The van der Waals surface area contributed by atoms with Gasteiger partial charge in [-0.05, 0) is 0 Å². The molecule has 0 unspecified atom stereocenters. The van der Waals surface area contributed by atoms with E-state index in [0.717, 1.165) is 0 Å². The highest BCUT2D eigenvalue weighted by atomic mass is 35.5. The smallest absolute Gasteiger partial charge is 0.304 e. The SMILES string of the molecule is Cl.[B]1C=CC=N1. The van der Waals surface area contributed by atoms with Gasteiger partial charge in [0.25, 0.3) is 0 Å². The van der Waals surface area contributed by atoms with E-state index in [-0.39, 0.29) is 12.4 Å². The minimum atomic E-state index is 0. The van der Waals surface area contributed by atoms with Gasteiger partial charge in [0.05, 0.1) is 0 Å². The summed E-state index contributed by atoms with van der Waals surface area (Å²) in [6, 6.07) is 0. The van der Waals surface area contributed by atoms with Crippen molar-refractivity contribution < 1.29 is 0 Å². The molecule has 0 atom stereocenters. The maximum Gasteiger partial charge on any atom is 0.304 e. The van der Waals surface area contributed by atoms with Crippen LogP contribution in [0.2, 0.25) is 0 Å². The molecule has 0 aromatic rings. The summed E-state index contributed by atoms with van der Waals surface area (Å²) in [6.07, 6.45) is 3.64. The Kier molecular flexibility index (Phi) is 2.86. The molecule has 0 aliphatic carbocycles. The van der Waals surface area contributed by atoms with Crippen LogP contribution in [0.3, 0.4) is 0 Å². The van der Waals surface area contributed by atoms with Crippen molar-refractivity contribution in [3.05, 3.63) is 12.1 Å². The summed E-state index contributed by atoms with van der Waals surface area (Å²) in [5, 5.41) is 0. The fourth-order valence-electron chi connectivity index (χ4n) is 0.248. The molecule has 0 spiro atoms. The third-order valence-corrected chi connectivity index (χ3v) is 0.455. The van der Waals surface area contributed by atoms with Gasteiger partial charge in [-0.1, -0.05) is 12.1 Å². The van der Waals surface area contributed by atoms with Crippen LogP contribution in [0.5, 0.6) is 0 Å². The molecular formula is C3H4BClN. The average Bonchev–Trinajstić information content (AvgIpc) is 1.76. The third-order valence-electron chi connectivity index (χ3n) is 0.455. The first kappa shape index (κ1) is 5.76. The van der Waals surface area contributed by atoms with E-state index >= 15 is 0 Å². The predicted molar refractivity (Wildman–Crippen MR) is 30.6 cm³/mol. The Morgan fingerprint density at radius 1 is 1.50 bits per heavy atom. The van der Waals surface area contributed by atoms with Gasteiger partial charge in [-0.2, -0.15) is 0 Å². The van der Waals surface area contributed by atoms with Crippen molar-refractivity contribution in [3.8, 4) is 0 Å². The zero-order valence-electron chi connectivity index (χ0n) is 3.16. The van der Waals surface area contributed by atoms with Gasteiger partial charge in [-0.15, -0.1) is 12.4 Å². The van der Waals surface area contributed by atoms with Crippen LogP contribution in [0.4, 0.5) is 0 Å². The zero-order valence-corrected chi connectivity index (χ0v) is 3.98. The molecule has 1 aliphatic rings.